The summed E-state index contributed by atoms with van der Waals surface area (Å²) in [6, 6.07) is 6.14. The molecule has 0 spiro atoms. The summed E-state index contributed by atoms with van der Waals surface area (Å²) in [7, 11) is -7.59. The van der Waals surface area contributed by atoms with Crippen LogP contribution in [-0.4, -0.2) is 44.5 Å². The molecule has 0 radical (unpaired) electrons. The molecular formula is C17H13IN2O8S2. The third-order valence-corrected chi connectivity index (χ3v) is 7.05. The molecule has 10 nitrogen and oxygen atoms in total. The highest BCUT2D eigenvalue weighted by atomic mass is 127. The molecule has 0 aromatic heterocycles. The predicted molar refractivity (Wildman–Crippen MR) is 116 cm³/mol. The van der Waals surface area contributed by atoms with Crippen molar-refractivity contribution in [2.75, 3.05) is 12.5 Å². The molecule has 0 bridgehead atoms. The van der Waals surface area contributed by atoms with Crippen LogP contribution in [0.5, 0.6) is 5.75 Å². The first-order valence-corrected chi connectivity index (χ1v) is 11.9. The van der Waals surface area contributed by atoms with E-state index in [1.54, 1.807) is 22.6 Å². The van der Waals surface area contributed by atoms with Gasteiger partial charge in [-0.25, -0.2) is 0 Å². The number of anilines is 1. The predicted octanol–water partition coefficient (Wildman–Crippen LogP) is 2.21. The molecule has 0 amide bonds. The van der Waals surface area contributed by atoms with Gasteiger partial charge in [0.25, 0.3) is 20.2 Å². The van der Waals surface area contributed by atoms with Crippen LogP contribution < -0.4 is 10.2 Å². The van der Waals surface area contributed by atoms with Gasteiger partial charge in [0.2, 0.25) is 5.78 Å². The smallest absolute Gasteiger partial charge is 0.295 e. The maximum Gasteiger partial charge on any atom is 0.295 e. The van der Waals surface area contributed by atoms with Crippen molar-refractivity contribution in [2.45, 2.75) is 9.79 Å². The molecule has 1 aliphatic rings. The van der Waals surface area contributed by atoms with E-state index < -0.39 is 26.0 Å². The van der Waals surface area contributed by atoms with Crippen molar-refractivity contribution in [3.05, 3.63) is 51.1 Å². The first-order chi connectivity index (χ1) is 13.9. The van der Waals surface area contributed by atoms with E-state index in [9.17, 15) is 30.7 Å². The van der Waals surface area contributed by atoms with Crippen molar-refractivity contribution in [1.82, 2.24) is 0 Å². The number of halogens is 1. The Balaban J connectivity index is 2.04. The molecule has 0 aliphatic heterocycles. The zero-order chi connectivity index (χ0) is 22.3. The van der Waals surface area contributed by atoms with Crippen LogP contribution in [0.15, 0.2) is 51.3 Å². The van der Waals surface area contributed by atoms with Crippen molar-refractivity contribution in [3.63, 3.8) is 0 Å². The Hall–Kier alpha value is -2.33. The maximum atomic E-state index is 12.3. The van der Waals surface area contributed by atoms with Crippen molar-refractivity contribution in [3.8, 4) is 5.75 Å². The lowest BCUT2D eigenvalue weighted by Gasteiger charge is -2.15. The lowest BCUT2D eigenvalue weighted by atomic mass is 9.95. The van der Waals surface area contributed by atoms with Gasteiger partial charge >= 0.3 is 0 Å². The summed E-state index contributed by atoms with van der Waals surface area (Å²) < 4.78 is 69.3. The summed E-state index contributed by atoms with van der Waals surface area (Å²) in [5.74, 6) is -0.411. The van der Waals surface area contributed by atoms with Gasteiger partial charge < -0.3 is 4.74 Å². The number of carbonyl (C=O) groups is 1. The maximum absolute atomic E-state index is 12.3. The summed E-state index contributed by atoms with van der Waals surface area (Å²) in [6.45, 7) is 0. The molecular weight excluding hydrogens is 551 g/mol. The number of hydrogen-bond donors (Lipinski definition) is 3. The quantitative estimate of drug-likeness (QED) is 0.281. The largest absolute Gasteiger partial charge is 0.494 e. The normalized spacial score (nSPS) is 15.2. The summed E-state index contributed by atoms with van der Waals surface area (Å²) in [5.41, 5.74) is 3.49. The van der Waals surface area contributed by atoms with Gasteiger partial charge in [0.15, 0.2) is 0 Å². The molecule has 3 rings (SSSR count). The second-order valence-corrected chi connectivity index (χ2v) is 9.93. The average molecular weight is 564 g/mol. The minimum absolute atomic E-state index is 0.0368. The van der Waals surface area contributed by atoms with Crippen LogP contribution in [0, 0.1) is 3.57 Å². The standard InChI is InChI=1S/C17H13IN2O8S2/c1-28-15-8-16(30(25,26)27)12(18)7-13(15)19-20-17-11-4-3-10(29(22,23)24)6-9(11)2-5-14(17)21/h2-8,19H,1H3,(H,22,23,24)(H,25,26,27)/b20-17-. The van der Waals surface area contributed by atoms with Crippen LogP contribution in [0.3, 0.4) is 0 Å². The van der Waals surface area contributed by atoms with Gasteiger partial charge in [-0.3, -0.25) is 19.3 Å². The van der Waals surface area contributed by atoms with E-state index in [0.717, 1.165) is 12.1 Å². The van der Waals surface area contributed by atoms with Crippen LogP contribution >= 0.6 is 22.6 Å². The van der Waals surface area contributed by atoms with Crippen LogP contribution in [0.25, 0.3) is 6.08 Å². The summed E-state index contributed by atoms with van der Waals surface area (Å²) in [5, 5.41) is 4.07. The van der Waals surface area contributed by atoms with Crippen LogP contribution in [0.1, 0.15) is 11.1 Å². The third-order valence-electron chi connectivity index (χ3n) is 4.04. The van der Waals surface area contributed by atoms with E-state index in [-0.39, 0.29) is 30.5 Å². The molecule has 30 heavy (non-hydrogen) atoms. The molecule has 0 heterocycles. The SMILES string of the molecule is COc1cc(S(=O)(=O)O)c(I)cc1N/N=C1\C(=O)C=Cc2cc(S(=O)(=O)O)ccc21. The number of methoxy groups -OCH3 is 1. The molecule has 158 valence electrons. The molecule has 1 aliphatic carbocycles. The molecule has 0 unspecified atom stereocenters. The number of allylic oxidation sites excluding steroid dienone is 1. The Morgan fingerprint density at radius 3 is 2.33 bits per heavy atom. The molecule has 0 fully saturated rings. The van der Waals surface area contributed by atoms with Gasteiger partial charge in [0.1, 0.15) is 16.4 Å². The van der Waals surface area contributed by atoms with Crippen molar-refractivity contribution < 1.29 is 35.5 Å². The third kappa shape index (κ3) is 4.54. The number of carbonyl (C=O) groups excluding carboxylic acids is 1. The summed E-state index contributed by atoms with van der Waals surface area (Å²) >= 11 is 1.71. The van der Waals surface area contributed by atoms with Crippen molar-refractivity contribution in [1.29, 1.82) is 0 Å². The number of nitrogens with zero attached hydrogens (tertiary/aromatic N) is 1. The van der Waals surface area contributed by atoms with E-state index in [2.05, 4.69) is 10.5 Å². The van der Waals surface area contributed by atoms with Crippen LogP contribution in [0.2, 0.25) is 0 Å². The fraction of sp³-hybridized carbons (Fsp3) is 0.0588. The number of ether oxygens (including phenoxy) is 1. The molecule has 2 aromatic carbocycles. The fourth-order valence-electron chi connectivity index (χ4n) is 2.65. The van der Waals surface area contributed by atoms with E-state index >= 15 is 0 Å². The van der Waals surface area contributed by atoms with Crippen molar-refractivity contribution >= 4 is 66.1 Å². The molecule has 0 saturated heterocycles. The zero-order valence-corrected chi connectivity index (χ0v) is 18.8. The lowest BCUT2D eigenvalue weighted by Crippen LogP contribution is -2.19. The first kappa shape index (κ1) is 22.4. The average Bonchev–Trinajstić information content (AvgIpc) is 2.65. The molecule has 0 saturated carbocycles. The Morgan fingerprint density at radius 1 is 1.03 bits per heavy atom. The highest BCUT2D eigenvalue weighted by Crippen LogP contribution is 2.32. The number of ketones is 1. The van der Waals surface area contributed by atoms with Gasteiger partial charge in [-0.15, -0.1) is 0 Å². The number of rotatable bonds is 5. The lowest BCUT2D eigenvalue weighted by molar-refractivity contribution is -0.108. The molecule has 2 aromatic rings. The minimum Gasteiger partial charge on any atom is -0.494 e. The fourth-order valence-corrected chi connectivity index (χ4v) is 5.03. The Morgan fingerprint density at radius 2 is 1.73 bits per heavy atom. The Labute approximate surface area is 185 Å². The van der Waals surface area contributed by atoms with Crippen LogP contribution in [0.4, 0.5) is 5.69 Å². The number of benzene rings is 2. The van der Waals surface area contributed by atoms with Crippen LogP contribution in [-0.2, 0) is 25.0 Å². The van der Waals surface area contributed by atoms with Gasteiger partial charge in [0, 0.05) is 15.2 Å². The Bertz CT molecular complexity index is 1330. The molecule has 3 N–H and O–H groups in total. The van der Waals surface area contributed by atoms with E-state index in [4.69, 9.17) is 4.74 Å². The molecule has 13 heteroatoms. The van der Waals surface area contributed by atoms with E-state index in [0.29, 0.717) is 11.1 Å². The highest BCUT2D eigenvalue weighted by Gasteiger charge is 2.23. The van der Waals surface area contributed by atoms with Gasteiger partial charge in [-0.1, -0.05) is 12.1 Å². The van der Waals surface area contributed by atoms with Gasteiger partial charge in [-0.2, -0.15) is 21.9 Å². The highest BCUT2D eigenvalue weighted by molar-refractivity contribution is 14.1. The topological polar surface area (TPSA) is 159 Å². The monoisotopic (exact) mass is 564 g/mol. The summed E-state index contributed by atoms with van der Waals surface area (Å²) in [4.78, 5) is 11.6. The zero-order valence-electron chi connectivity index (χ0n) is 15.0. The van der Waals surface area contributed by atoms with E-state index in [1.807, 2.05) is 0 Å². The number of hydrazone groups is 1. The van der Waals surface area contributed by atoms with Crippen molar-refractivity contribution in [2.24, 2.45) is 5.10 Å². The van der Waals surface area contributed by atoms with Gasteiger partial charge in [-0.05, 0) is 52.4 Å². The second-order valence-electron chi connectivity index (χ2n) is 5.95. The minimum atomic E-state index is -4.47. The molecule has 0 atom stereocenters. The number of fused-ring (bicyclic) bond motifs is 1. The summed E-state index contributed by atoms with van der Waals surface area (Å²) in [6.07, 6.45) is 2.59. The Kier molecular flexibility index (Phi) is 6.01. The number of nitrogens with one attached hydrogen (secondary N) is 1. The number of hydrogen-bond acceptors (Lipinski definition) is 8. The van der Waals surface area contributed by atoms with E-state index in [1.165, 1.54) is 37.5 Å². The first-order valence-electron chi connectivity index (χ1n) is 7.95. The van der Waals surface area contributed by atoms with Gasteiger partial charge in [0.05, 0.1) is 17.7 Å². The second kappa shape index (κ2) is 8.07.